The molecule has 0 bridgehead atoms. The fraction of sp³-hybridized carbons (Fsp3) is 0.304. The van der Waals surface area contributed by atoms with E-state index in [1.807, 2.05) is 17.5 Å². The van der Waals surface area contributed by atoms with Gasteiger partial charge in [0.25, 0.3) is 0 Å². The number of hydrogen-bond donors (Lipinski definition) is 0. The number of halogens is 1. The highest BCUT2D eigenvalue weighted by atomic mass is 32.1. The number of nitrogens with zero attached hydrogens (tertiary/aromatic N) is 1. The Kier molecular flexibility index (Phi) is 7.41. The summed E-state index contributed by atoms with van der Waals surface area (Å²) in [7, 11) is 0. The molecule has 0 spiro atoms. The lowest BCUT2D eigenvalue weighted by atomic mass is 9.88. The summed E-state index contributed by atoms with van der Waals surface area (Å²) in [6.45, 7) is 4.48. The molecule has 7 heteroatoms. The molecule has 0 aliphatic carbocycles. The molecule has 1 aliphatic rings. The van der Waals surface area contributed by atoms with Crippen LogP contribution in [0.5, 0.6) is 0 Å². The summed E-state index contributed by atoms with van der Waals surface area (Å²) in [6, 6.07) is 10.0. The normalized spacial score (nSPS) is 14.2. The van der Waals surface area contributed by atoms with Crippen LogP contribution in [0.3, 0.4) is 0 Å². The van der Waals surface area contributed by atoms with Crippen molar-refractivity contribution in [1.82, 2.24) is 4.90 Å². The zero-order valence-electron chi connectivity index (χ0n) is 17.0. The van der Waals surface area contributed by atoms with Gasteiger partial charge in [-0.2, -0.15) is 0 Å². The van der Waals surface area contributed by atoms with Crippen molar-refractivity contribution in [1.29, 1.82) is 0 Å². The van der Waals surface area contributed by atoms with E-state index in [9.17, 15) is 14.0 Å². The minimum atomic E-state index is -0.537. The molecule has 0 radical (unpaired) electrons. The molecule has 0 atom stereocenters. The number of esters is 2. The zero-order valence-corrected chi connectivity index (χ0v) is 17.8. The maximum atomic E-state index is 13.2. The summed E-state index contributed by atoms with van der Waals surface area (Å²) >= 11 is 1.47. The van der Waals surface area contributed by atoms with E-state index < -0.39 is 17.9 Å². The molecule has 5 nitrogen and oxygen atoms in total. The second-order valence-corrected chi connectivity index (χ2v) is 7.65. The highest BCUT2D eigenvalue weighted by Crippen LogP contribution is 2.39. The van der Waals surface area contributed by atoms with Gasteiger partial charge in [-0.3, -0.25) is 0 Å². The molecule has 158 valence electrons. The first-order valence-corrected chi connectivity index (χ1v) is 10.7. The molecule has 2 aromatic rings. The molecule has 30 heavy (non-hydrogen) atoms. The van der Waals surface area contributed by atoms with Gasteiger partial charge in [0.05, 0.1) is 30.3 Å². The predicted octanol–water partition coefficient (Wildman–Crippen LogP) is 4.42. The maximum absolute atomic E-state index is 13.2. The highest BCUT2D eigenvalue weighted by Gasteiger charge is 2.36. The van der Waals surface area contributed by atoms with Crippen molar-refractivity contribution in [2.45, 2.75) is 26.2 Å². The van der Waals surface area contributed by atoms with Crippen LogP contribution >= 0.6 is 11.3 Å². The number of thiophene rings is 1. The quantitative estimate of drug-likeness (QED) is 0.582. The predicted molar refractivity (Wildman–Crippen MR) is 113 cm³/mol. The van der Waals surface area contributed by atoms with E-state index in [-0.39, 0.29) is 19.0 Å². The van der Waals surface area contributed by atoms with Gasteiger partial charge in [-0.1, -0.05) is 18.2 Å². The van der Waals surface area contributed by atoms with E-state index >= 15 is 0 Å². The molecule has 0 saturated heterocycles. The summed E-state index contributed by atoms with van der Waals surface area (Å²) in [5.41, 5.74) is 1.74. The van der Waals surface area contributed by atoms with Gasteiger partial charge in [0.2, 0.25) is 0 Å². The number of benzene rings is 1. The molecule has 0 N–H and O–H groups in total. The Morgan fingerprint density at radius 3 is 2.10 bits per heavy atom. The van der Waals surface area contributed by atoms with E-state index in [2.05, 4.69) is 0 Å². The van der Waals surface area contributed by atoms with Crippen molar-refractivity contribution >= 4 is 23.3 Å². The molecule has 0 saturated carbocycles. The number of ether oxygens (including phenoxy) is 2. The van der Waals surface area contributed by atoms with Crippen molar-refractivity contribution < 1.29 is 23.5 Å². The Balaban J connectivity index is 1.93. The van der Waals surface area contributed by atoms with Crippen molar-refractivity contribution in [3.05, 3.63) is 81.6 Å². The van der Waals surface area contributed by atoms with Gasteiger partial charge in [-0.25, -0.2) is 14.0 Å². The molecule has 0 fully saturated rings. The lowest BCUT2D eigenvalue weighted by Gasteiger charge is -2.29. The first kappa shape index (κ1) is 21.8. The highest BCUT2D eigenvalue weighted by molar-refractivity contribution is 7.10. The average molecular weight is 430 g/mol. The van der Waals surface area contributed by atoms with Crippen molar-refractivity contribution in [2.24, 2.45) is 0 Å². The van der Waals surface area contributed by atoms with Gasteiger partial charge in [0, 0.05) is 23.8 Å². The van der Waals surface area contributed by atoms with Gasteiger partial charge < -0.3 is 14.4 Å². The summed E-state index contributed by atoms with van der Waals surface area (Å²) in [4.78, 5) is 28.2. The van der Waals surface area contributed by atoms with E-state index in [0.717, 1.165) is 10.4 Å². The Morgan fingerprint density at radius 1 is 1.00 bits per heavy atom. The van der Waals surface area contributed by atoms with Crippen molar-refractivity contribution in [3.8, 4) is 0 Å². The minimum Gasteiger partial charge on any atom is -0.463 e. The third-order valence-corrected chi connectivity index (χ3v) is 5.59. The fourth-order valence-electron chi connectivity index (χ4n) is 3.28. The van der Waals surface area contributed by atoms with Crippen LogP contribution in [0.1, 0.15) is 30.2 Å². The van der Waals surface area contributed by atoms with Crippen molar-refractivity contribution in [3.63, 3.8) is 0 Å². The van der Waals surface area contributed by atoms with E-state index in [0.29, 0.717) is 24.1 Å². The van der Waals surface area contributed by atoms with Crippen LogP contribution in [-0.2, 0) is 25.5 Å². The van der Waals surface area contributed by atoms with E-state index in [1.54, 1.807) is 43.3 Å². The molecular formula is C23H24FNO4S. The second kappa shape index (κ2) is 10.2. The number of hydrogen-bond acceptors (Lipinski definition) is 6. The number of rotatable bonds is 8. The van der Waals surface area contributed by atoms with Gasteiger partial charge in [-0.15, -0.1) is 11.3 Å². The van der Waals surface area contributed by atoms with Crippen LogP contribution in [0.2, 0.25) is 0 Å². The molecule has 0 amide bonds. The van der Waals surface area contributed by atoms with Crippen LogP contribution in [0.25, 0.3) is 0 Å². The molecule has 2 heterocycles. The monoisotopic (exact) mass is 429 g/mol. The van der Waals surface area contributed by atoms with Crippen LogP contribution in [0, 0.1) is 5.82 Å². The van der Waals surface area contributed by atoms with Crippen molar-refractivity contribution in [2.75, 3.05) is 19.8 Å². The Labute approximate surface area is 179 Å². The van der Waals surface area contributed by atoms with E-state index in [1.165, 1.54) is 23.5 Å². The van der Waals surface area contributed by atoms with Crippen LogP contribution < -0.4 is 0 Å². The molecule has 1 aliphatic heterocycles. The summed E-state index contributed by atoms with van der Waals surface area (Å²) in [5.74, 6) is -1.75. The van der Waals surface area contributed by atoms with Crippen LogP contribution in [0.4, 0.5) is 4.39 Å². The van der Waals surface area contributed by atoms with Gasteiger partial charge in [0.15, 0.2) is 0 Å². The standard InChI is InChI=1S/C23H24FNO4S/c1-3-28-22(26)18-14-25(12-11-16-7-9-17(24)10-8-16)15-19(23(27)29-4-2)21(18)20-6-5-13-30-20/h5-10,13-15,21H,3-4,11-12H2,1-2H3. The third-order valence-electron chi connectivity index (χ3n) is 4.65. The lowest BCUT2D eigenvalue weighted by Crippen LogP contribution is -2.30. The molecule has 1 aromatic heterocycles. The van der Waals surface area contributed by atoms with Gasteiger partial charge in [0.1, 0.15) is 5.82 Å². The van der Waals surface area contributed by atoms with Crippen LogP contribution in [-0.4, -0.2) is 36.6 Å². The fourth-order valence-corrected chi connectivity index (χ4v) is 4.14. The molecular weight excluding hydrogens is 405 g/mol. The first-order valence-electron chi connectivity index (χ1n) is 9.84. The number of carbonyl (C=O) groups excluding carboxylic acids is 2. The SMILES string of the molecule is CCOC(=O)C1=CN(CCc2ccc(F)cc2)C=C(C(=O)OCC)C1c1cccs1. The van der Waals surface area contributed by atoms with Crippen LogP contribution in [0.15, 0.2) is 65.3 Å². The maximum Gasteiger partial charge on any atom is 0.336 e. The lowest BCUT2D eigenvalue weighted by molar-refractivity contribution is -0.139. The topological polar surface area (TPSA) is 55.8 Å². The second-order valence-electron chi connectivity index (χ2n) is 6.67. The molecule has 1 aromatic carbocycles. The Bertz CT molecular complexity index is 899. The third kappa shape index (κ3) is 5.16. The summed E-state index contributed by atoms with van der Waals surface area (Å²) in [6.07, 6.45) is 4.08. The van der Waals surface area contributed by atoms with Gasteiger partial charge in [-0.05, 0) is 49.4 Å². The first-order chi connectivity index (χ1) is 14.5. The summed E-state index contributed by atoms with van der Waals surface area (Å²) in [5, 5.41) is 1.90. The van der Waals surface area contributed by atoms with E-state index in [4.69, 9.17) is 9.47 Å². The average Bonchev–Trinajstić information content (AvgIpc) is 3.27. The Hall–Kier alpha value is -2.93. The Morgan fingerprint density at radius 2 is 1.60 bits per heavy atom. The molecule has 3 rings (SSSR count). The smallest absolute Gasteiger partial charge is 0.336 e. The minimum absolute atomic E-state index is 0.237. The summed E-state index contributed by atoms with van der Waals surface area (Å²) < 4.78 is 23.7. The number of carbonyl (C=O) groups is 2. The largest absolute Gasteiger partial charge is 0.463 e. The van der Waals surface area contributed by atoms with Gasteiger partial charge >= 0.3 is 11.9 Å². The molecule has 0 unspecified atom stereocenters. The zero-order chi connectivity index (χ0) is 21.5.